The lowest BCUT2D eigenvalue weighted by molar-refractivity contribution is -0.144. The first-order valence-corrected chi connectivity index (χ1v) is 3.98. The molecule has 1 rings (SSSR count). The van der Waals surface area contributed by atoms with Gasteiger partial charge in [0.2, 0.25) is 0 Å². The number of hydrogen-bond acceptors (Lipinski definition) is 3. The number of carbonyl (C=O) groups is 1. The van der Waals surface area contributed by atoms with E-state index >= 15 is 0 Å². The maximum absolute atomic E-state index is 11.2. The quantitative estimate of drug-likeness (QED) is 0.608. The summed E-state index contributed by atoms with van der Waals surface area (Å²) in [5.74, 6) is 0.354. The van der Waals surface area contributed by atoms with Crippen LogP contribution in [0.4, 0.5) is 0 Å². The molecule has 1 fully saturated rings. The summed E-state index contributed by atoms with van der Waals surface area (Å²) in [6.07, 6.45) is 1.96. The predicted molar refractivity (Wildman–Crippen MR) is 42.2 cm³/mol. The molecule has 0 saturated heterocycles. The highest BCUT2D eigenvalue weighted by atomic mass is 16.5. The lowest BCUT2D eigenvalue weighted by atomic mass is 10.2. The van der Waals surface area contributed by atoms with Crippen LogP contribution in [0.15, 0.2) is 0 Å². The molecule has 2 unspecified atom stereocenters. The van der Waals surface area contributed by atoms with E-state index in [1.54, 1.807) is 0 Å². The van der Waals surface area contributed by atoms with Gasteiger partial charge in [0.1, 0.15) is 5.54 Å². The average Bonchev–Trinajstić information content (AvgIpc) is 2.78. The first-order chi connectivity index (χ1) is 5.21. The van der Waals surface area contributed by atoms with Crippen LogP contribution in [0, 0.1) is 5.92 Å². The van der Waals surface area contributed by atoms with Crippen LogP contribution in [0.2, 0.25) is 0 Å². The number of rotatable bonds is 3. The van der Waals surface area contributed by atoms with Crippen molar-refractivity contribution >= 4 is 5.97 Å². The zero-order chi connectivity index (χ0) is 8.48. The molecule has 1 aliphatic rings. The first-order valence-electron chi connectivity index (χ1n) is 3.98. The Morgan fingerprint density at radius 3 is 2.73 bits per heavy atom. The Balaban J connectivity index is 2.59. The minimum absolute atomic E-state index is 0.119. The third kappa shape index (κ3) is 1.13. The van der Waals surface area contributed by atoms with Crippen LogP contribution >= 0.6 is 0 Å². The molecule has 0 aliphatic heterocycles. The van der Waals surface area contributed by atoms with Crippen LogP contribution in [0.25, 0.3) is 0 Å². The highest BCUT2D eigenvalue weighted by Gasteiger charge is 2.58. The van der Waals surface area contributed by atoms with Gasteiger partial charge in [0.05, 0.1) is 7.11 Å². The SMILES string of the molecule is CCC1CC1(NC)C(=O)OC. The van der Waals surface area contributed by atoms with Crippen molar-refractivity contribution in [3.8, 4) is 0 Å². The van der Waals surface area contributed by atoms with E-state index in [9.17, 15) is 4.79 Å². The molecule has 3 nitrogen and oxygen atoms in total. The molecule has 11 heavy (non-hydrogen) atoms. The summed E-state index contributed by atoms with van der Waals surface area (Å²) < 4.78 is 4.70. The number of nitrogens with one attached hydrogen (secondary N) is 1. The normalized spacial score (nSPS) is 35.0. The van der Waals surface area contributed by atoms with Crippen LogP contribution < -0.4 is 5.32 Å². The number of ether oxygens (including phenoxy) is 1. The van der Waals surface area contributed by atoms with Crippen molar-refractivity contribution in [1.82, 2.24) is 5.32 Å². The van der Waals surface area contributed by atoms with Crippen LogP contribution in [0.1, 0.15) is 19.8 Å². The molecule has 0 spiro atoms. The molecule has 0 aromatic rings. The summed E-state index contributed by atoms with van der Waals surface area (Å²) in [5, 5.41) is 3.03. The fraction of sp³-hybridized carbons (Fsp3) is 0.875. The second kappa shape index (κ2) is 2.81. The van der Waals surface area contributed by atoms with E-state index in [-0.39, 0.29) is 11.5 Å². The zero-order valence-electron chi connectivity index (χ0n) is 7.31. The molecular formula is C8H15NO2. The Labute approximate surface area is 67.1 Å². The van der Waals surface area contributed by atoms with Crippen molar-refractivity contribution < 1.29 is 9.53 Å². The van der Waals surface area contributed by atoms with Gasteiger partial charge >= 0.3 is 5.97 Å². The number of esters is 1. The van der Waals surface area contributed by atoms with Crippen LogP contribution in [0.5, 0.6) is 0 Å². The largest absolute Gasteiger partial charge is 0.468 e. The van der Waals surface area contributed by atoms with E-state index in [1.165, 1.54) is 7.11 Å². The molecule has 0 aromatic carbocycles. The maximum Gasteiger partial charge on any atom is 0.326 e. The summed E-state index contributed by atoms with van der Waals surface area (Å²) in [5.41, 5.74) is -0.344. The Kier molecular flexibility index (Phi) is 2.18. The lowest BCUT2D eigenvalue weighted by Gasteiger charge is -2.12. The topological polar surface area (TPSA) is 38.3 Å². The number of likely N-dealkylation sites (N-methyl/N-ethyl adjacent to an activating group) is 1. The Morgan fingerprint density at radius 2 is 2.45 bits per heavy atom. The highest BCUT2D eigenvalue weighted by Crippen LogP contribution is 2.46. The average molecular weight is 157 g/mol. The Bertz CT molecular complexity index is 169. The highest BCUT2D eigenvalue weighted by molar-refractivity contribution is 5.84. The molecule has 1 saturated carbocycles. The van der Waals surface area contributed by atoms with Gasteiger partial charge in [0.25, 0.3) is 0 Å². The third-order valence-electron chi connectivity index (χ3n) is 2.59. The number of methoxy groups -OCH3 is 1. The van der Waals surface area contributed by atoms with Crippen LogP contribution in [-0.2, 0) is 9.53 Å². The molecule has 0 amide bonds. The fourth-order valence-corrected chi connectivity index (χ4v) is 1.66. The third-order valence-corrected chi connectivity index (χ3v) is 2.59. The van der Waals surface area contributed by atoms with Crippen molar-refractivity contribution in [3.05, 3.63) is 0 Å². The summed E-state index contributed by atoms with van der Waals surface area (Å²) in [4.78, 5) is 11.2. The molecule has 2 atom stereocenters. The molecule has 3 heteroatoms. The molecule has 64 valence electrons. The smallest absolute Gasteiger partial charge is 0.326 e. The molecular weight excluding hydrogens is 142 g/mol. The van der Waals surface area contributed by atoms with Crippen molar-refractivity contribution in [2.45, 2.75) is 25.3 Å². The monoisotopic (exact) mass is 157 g/mol. The molecule has 0 bridgehead atoms. The van der Waals surface area contributed by atoms with E-state index in [0.29, 0.717) is 5.92 Å². The van der Waals surface area contributed by atoms with Gasteiger partial charge in [-0.1, -0.05) is 13.3 Å². The molecule has 1 N–H and O–H groups in total. The minimum Gasteiger partial charge on any atom is -0.468 e. The number of hydrogen-bond donors (Lipinski definition) is 1. The second-order valence-corrected chi connectivity index (χ2v) is 3.02. The van der Waals surface area contributed by atoms with Crippen molar-refractivity contribution in [1.29, 1.82) is 0 Å². The fourth-order valence-electron chi connectivity index (χ4n) is 1.66. The van der Waals surface area contributed by atoms with Gasteiger partial charge in [-0.2, -0.15) is 0 Å². The van der Waals surface area contributed by atoms with Gasteiger partial charge in [-0.05, 0) is 19.4 Å². The summed E-state index contributed by atoms with van der Waals surface area (Å²) in [7, 11) is 3.25. The van der Waals surface area contributed by atoms with Gasteiger partial charge in [-0.25, -0.2) is 0 Å². The predicted octanol–water partition coefficient (Wildman–Crippen LogP) is 0.547. The summed E-state index contributed by atoms with van der Waals surface area (Å²) in [6, 6.07) is 0. The molecule has 0 radical (unpaired) electrons. The van der Waals surface area contributed by atoms with Gasteiger partial charge in [0.15, 0.2) is 0 Å². The van der Waals surface area contributed by atoms with Gasteiger partial charge in [-0.15, -0.1) is 0 Å². The van der Waals surface area contributed by atoms with Crippen molar-refractivity contribution in [3.63, 3.8) is 0 Å². The molecule has 0 aromatic heterocycles. The minimum atomic E-state index is -0.344. The number of carbonyl (C=O) groups excluding carboxylic acids is 1. The Morgan fingerprint density at radius 1 is 1.82 bits per heavy atom. The van der Waals surface area contributed by atoms with E-state index in [2.05, 4.69) is 12.2 Å². The van der Waals surface area contributed by atoms with Crippen molar-refractivity contribution in [2.75, 3.05) is 14.2 Å². The van der Waals surface area contributed by atoms with Crippen LogP contribution in [-0.4, -0.2) is 25.7 Å². The van der Waals surface area contributed by atoms with Crippen LogP contribution in [0.3, 0.4) is 0 Å². The van der Waals surface area contributed by atoms with E-state index in [4.69, 9.17) is 4.74 Å². The van der Waals surface area contributed by atoms with Gasteiger partial charge in [-0.3, -0.25) is 4.79 Å². The summed E-state index contributed by atoms with van der Waals surface area (Å²) in [6.45, 7) is 2.09. The lowest BCUT2D eigenvalue weighted by Crippen LogP contribution is -2.39. The molecule has 0 heterocycles. The standard InChI is InChI=1S/C8H15NO2/c1-4-6-5-8(6,9-2)7(10)11-3/h6,9H,4-5H2,1-3H3. The van der Waals surface area contributed by atoms with E-state index < -0.39 is 0 Å². The zero-order valence-corrected chi connectivity index (χ0v) is 7.31. The van der Waals surface area contributed by atoms with Gasteiger partial charge < -0.3 is 10.1 Å². The molecule has 1 aliphatic carbocycles. The summed E-state index contributed by atoms with van der Waals surface area (Å²) >= 11 is 0. The Hall–Kier alpha value is -0.570. The van der Waals surface area contributed by atoms with E-state index in [1.807, 2.05) is 7.05 Å². The van der Waals surface area contributed by atoms with Crippen molar-refractivity contribution in [2.24, 2.45) is 5.92 Å². The first kappa shape index (κ1) is 8.53. The maximum atomic E-state index is 11.2. The van der Waals surface area contributed by atoms with E-state index in [0.717, 1.165) is 12.8 Å². The second-order valence-electron chi connectivity index (χ2n) is 3.02. The van der Waals surface area contributed by atoms with Gasteiger partial charge in [0, 0.05) is 0 Å².